The lowest BCUT2D eigenvalue weighted by atomic mass is 10.1. The Bertz CT molecular complexity index is 458. The molecule has 2 aliphatic rings. The van der Waals surface area contributed by atoms with Gasteiger partial charge in [0.1, 0.15) is 0 Å². The minimum Gasteiger partial charge on any atom is -0.454 e. The van der Waals surface area contributed by atoms with Crippen LogP contribution in [0.15, 0.2) is 18.2 Å². The van der Waals surface area contributed by atoms with Crippen LogP contribution in [0.3, 0.4) is 0 Å². The number of hydrogen-bond acceptors (Lipinski definition) is 5. The largest absolute Gasteiger partial charge is 0.454 e. The molecule has 0 amide bonds. The first-order chi connectivity index (χ1) is 9.78. The smallest absolute Gasteiger partial charge is 0.231 e. The van der Waals surface area contributed by atoms with Gasteiger partial charge in [-0.3, -0.25) is 9.80 Å². The zero-order valence-electron chi connectivity index (χ0n) is 12.0. The van der Waals surface area contributed by atoms with Gasteiger partial charge in [0.25, 0.3) is 0 Å². The summed E-state index contributed by atoms with van der Waals surface area (Å²) < 4.78 is 10.8. The standard InChI is InChI=1S/C15H23N3O2/c1-12(18-8-6-17(5-4-16)7-9-18)13-2-3-14-15(10-13)20-11-19-14/h2-3,10,12H,4-9,11,16H2,1H3. The summed E-state index contributed by atoms with van der Waals surface area (Å²) in [5.41, 5.74) is 6.91. The topological polar surface area (TPSA) is 51.0 Å². The van der Waals surface area contributed by atoms with Gasteiger partial charge in [0, 0.05) is 45.3 Å². The van der Waals surface area contributed by atoms with E-state index in [4.69, 9.17) is 15.2 Å². The molecule has 0 aromatic heterocycles. The van der Waals surface area contributed by atoms with Gasteiger partial charge < -0.3 is 15.2 Å². The zero-order valence-corrected chi connectivity index (χ0v) is 12.0. The molecule has 5 heteroatoms. The third-order valence-corrected chi connectivity index (χ3v) is 4.28. The van der Waals surface area contributed by atoms with Crippen molar-refractivity contribution in [2.24, 2.45) is 5.73 Å². The van der Waals surface area contributed by atoms with Gasteiger partial charge in [-0.15, -0.1) is 0 Å². The fourth-order valence-electron chi connectivity index (χ4n) is 2.94. The molecule has 1 unspecified atom stereocenters. The molecule has 3 rings (SSSR count). The fraction of sp³-hybridized carbons (Fsp3) is 0.600. The summed E-state index contributed by atoms with van der Waals surface area (Å²) >= 11 is 0. The van der Waals surface area contributed by atoms with Crippen LogP contribution in [-0.2, 0) is 0 Å². The van der Waals surface area contributed by atoms with Crippen molar-refractivity contribution in [3.05, 3.63) is 23.8 Å². The maximum atomic E-state index is 5.62. The Hall–Kier alpha value is -1.30. The Kier molecular flexibility index (Phi) is 4.10. The van der Waals surface area contributed by atoms with Gasteiger partial charge in [-0.1, -0.05) is 6.07 Å². The van der Waals surface area contributed by atoms with Crippen LogP contribution in [0.2, 0.25) is 0 Å². The maximum Gasteiger partial charge on any atom is 0.231 e. The van der Waals surface area contributed by atoms with Gasteiger partial charge in [0.05, 0.1) is 0 Å². The van der Waals surface area contributed by atoms with Gasteiger partial charge >= 0.3 is 0 Å². The van der Waals surface area contributed by atoms with Gasteiger partial charge in [0.15, 0.2) is 11.5 Å². The number of benzene rings is 1. The maximum absolute atomic E-state index is 5.62. The molecule has 0 aliphatic carbocycles. The van der Waals surface area contributed by atoms with E-state index in [0.717, 1.165) is 50.8 Å². The summed E-state index contributed by atoms with van der Waals surface area (Å²) in [6.45, 7) is 8.74. The normalized spacial score (nSPS) is 21.1. The molecule has 1 aromatic carbocycles. The molecule has 1 saturated heterocycles. The molecular formula is C15H23N3O2. The second-order valence-corrected chi connectivity index (χ2v) is 5.45. The van der Waals surface area contributed by atoms with Crippen LogP contribution in [0.1, 0.15) is 18.5 Å². The summed E-state index contributed by atoms with van der Waals surface area (Å²) in [5, 5.41) is 0. The SMILES string of the molecule is CC(c1ccc2c(c1)OCO2)N1CCN(CCN)CC1. The summed E-state index contributed by atoms with van der Waals surface area (Å²) in [6, 6.07) is 6.67. The van der Waals surface area contributed by atoms with E-state index >= 15 is 0 Å². The third-order valence-electron chi connectivity index (χ3n) is 4.28. The summed E-state index contributed by atoms with van der Waals surface area (Å²) in [4.78, 5) is 4.95. The van der Waals surface area contributed by atoms with Crippen molar-refractivity contribution in [2.75, 3.05) is 46.1 Å². The van der Waals surface area contributed by atoms with Crippen molar-refractivity contribution >= 4 is 0 Å². The van der Waals surface area contributed by atoms with Crippen molar-refractivity contribution in [3.63, 3.8) is 0 Å². The van der Waals surface area contributed by atoms with Crippen molar-refractivity contribution < 1.29 is 9.47 Å². The first-order valence-electron chi connectivity index (χ1n) is 7.34. The highest BCUT2D eigenvalue weighted by Gasteiger charge is 2.23. The molecule has 2 aliphatic heterocycles. The average Bonchev–Trinajstić information content (AvgIpc) is 2.95. The number of fused-ring (bicyclic) bond motifs is 1. The van der Waals surface area contributed by atoms with Gasteiger partial charge in [-0.05, 0) is 24.6 Å². The van der Waals surface area contributed by atoms with Crippen LogP contribution in [-0.4, -0.2) is 55.9 Å². The summed E-state index contributed by atoms with van der Waals surface area (Å²) in [5.74, 6) is 1.73. The Morgan fingerprint density at radius 3 is 2.65 bits per heavy atom. The van der Waals surface area contributed by atoms with E-state index in [1.807, 2.05) is 6.07 Å². The third kappa shape index (κ3) is 2.75. The molecule has 20 heavy (non-hydrogen) atoms. The Labute approximate surface area is 120 Å². The highest BCUT2D eigenvalue weighted by molar-refractivity contribution is 5.45. The molecule has 0 saturated carbocycles. The first-order valence-corrected chi connectivity index (χ1v) is 7.34. The molecule has 1 aromatic rings. The highest BCUT2D eigenvalue weighted by Crippen LogP contribution is 2.35. The lowest BCUT2D eigenvalue weighted by molar-refractivity contribution is 0.104. The number of ether oxygens (including phenoxy) is 2. The van der Waals surface area contributed by atoms with Crippen molar-refractivity contribution in [2.45, 2.75) is 13.0 Å². The number of nitrogens with two attached hydrogens (primary N) is 1. The molecular weight excluding hydrogens is 254 g/mol. The summed E-state index contributed by atoms with van der Waals surface area (Å²) in [6.07, 6.45) is 0. The lowest BCUT2D eigenvalue weighted by Gasteiger charge is -2.38. The first kappa shape index (κ1) is 13.7. The van der Waals surface area contributed by atoms with Crippen LogP contribution in [0.4, 0.5) is 0 Å². The molecule has 110 valence electrons. The predicted molar refractivity (Wildman–Crippen MR) is 78.0 cm³/mol. The predicted octanol–water partition coefficient (Wildman–Crippen LogP) is 1.05. The van der Waals surface area contributed by atoms with E-state index in [1.54, 1.807) is 0 Å². The Balaban J connectivity index is 1.63. The van der Waals surface area contributed by atoms with Crippen molar-refractivity contribution in [1.29, 1.82) is 0 Å². The molecule has 0 radical (unpaired) electrons. The number of hydrogen-bond donors (Lipinski definition) is 1. The molecule has 2 N–H and O–H groups in total. The van der Waals surface area contributed by atoms with E-state index in [0.29, 0.717) is 12.8 Å². The Morgan fingerprint density at radius 1 is 1.15 bits per heavy atom. The minimum atomic E-state index is 0.338. The van der Waals surface area contributed by atoms with E-state index in [1.165, 1.54) is 5.56 Å². The van der Waals surface area contributed by atoms with E-state index in [2.05, 4.69) is 28.9 Å². The molecule has 1 atom stereocenters. The second-order valence-electron chi connectivity index (χ2n) is 5.45. The average molecular weight is 277 g/mol. The van der Waals surface area contributed by atoms with Crippen molar-refractivity contribution in [1.82, 2.24) is 9.80 Å². The van der Waals surface area contributed by atoms with Gasteiger partial charge in [-0.2, -0.15) is 0 Å². The van der Waals surface area contributed by atoms with E-state index < -0.39 is 0 Å². The van der Waals surface area contributed by atoms with Crippen LogP contribution in [0.5, 0.6) is 11.5 Å². The number of rotatable bonds is 4. The van der Waals surface area contributed by atoms with Gasteiger partial charge in [0.2, 0.25) is 6.79 Å². The second kappa shape index (κ2) is 5.99. The lowest BCUT2D eigenvalue weighted by Crippen LogP contribution is -2.48. The molecule has 0 bridgehead atoms. The quantitative estimate of drug-likeness (QED) is 0.891. The minimum absolute atomic E-state index is 0.338. The number of piperazine rings is 1. The van der Waals surface area contributed by atoms with Crippen LogP contribution < -0.4 is 15.2 Å². The van der Waals surface area contributed by atoms with Gasteiger partial charge in [-0.25, -0.2) is 0 Å². The fourth-order valence-corrected chi connectivity index (χ4v) is 2.94. The van der Waals surface area contributed by atoms with Crippen LogP contribution >= 0.6 is 0 Å². The zero-order chi connectivity index (χ0) is 13.9. The highest BCUT2D eigenvalue weighted by atomic mass is 16.7. The number of nitrogens with zero attached hydrogens (tertiary/aromatic N) is 2. The molecule has 0 spiro atoms. The molecule has 1 fully saturated rings. The van der Waals surface area contributed by atoms with Crippen LogP contribution in [0, 0.1) is 0 Å². The van der Waals surface area contributed by atoms with Crippen molar-refractivity contribution in [3.8, 4) is 11.5 Å². The van der Waals surface area contributed by atoms with E-state index in [9.17, 15) is 0 Å². The summed E-state index contributed by atoms with van der Waals surface area (Å²) in [7, 11) is 0. The molecule has 5 nitrogen and oxygen atoms in total. The monoisotopic (exact) mass is 277 g/mol. The van der Waals surface area contributed by atoms with E-state index in [-0.39, 0.29) is 0 Å². The Morgan fingerprint density at radius 2 is 1.90 bits per heavy atom. The van der Waals surface area contributed by atoms with Crippen LogP contribution in [0.25, 0.3) is 0 Å². The molecule has 2 heterocycles.